The Kier molecular flexibility index (Phi) is 3.95. The van der Waals surface area contributed by atoms with Crippen LogP contribution in [-0.4, -0.2) is 24.0 Å². The molecule has 0 unspecified atom stereocenters. The van der Waals surface area contributed by atoms with Gasteiger partial charge < -0.3 is 19.0 Å². The summed E-state index contributed by atoms with van der Waals surface area (Å²) in [6, 6.07) is 10.7. The van der Waals surface area contributed by atoms with E-state index in [1.54, 1.807) is 18.2 Å². The summed E-state index contributed by atoms with van der Waals surface area (Å²) in [6.45, 7) is 1.30. The molecular formula is C18H14O6. The Bertz CT molecular complexity index is 921. The van der Waals surface area contributed by atoms with Crippen LogP contribution >= 0.6 is 0 Å². The third kappa shape index (κ3) is 2.94. The van der Waals surface area contributed by atoms with Gasteiger partial charge in [-0.15, -0.1) is 0 Å². The molecule has 0 aliphatic rings. The first-order valence-electron chi connectivity index (χ1n) is 7.11. The molecule has 0 radical (unpaired) electrons. The lowest BCUT2D eigenvalue weighted by atomic mass is 10.1. The van der Waals surface area contributed by atoms with Gasteiger partial charge in [-0.1, -0.05) is 0 Å². The van der Waals surface area contributed by atoms with E-state index in [-0.39, 0.29) is 23.0 Å². The maximum atomic E-state index is 12.5. The molecule has 24 heavy (non-hydrogen) atoms. The molecular weight excluding hydrogens is 312 g/mol. The number of esters is 1. The van der Waals surface area contributed by atoms with E-state index in [1.165, 1.54) is 38.3 Å². The molecule has 0 fully saturated rings. The minimum absolute atomic E-state index is 0.0319. The molecule has 2 aromatic carbocycles. The Morgan fingerprint density at radius 2 is 1.79 bits per heavy atom. The van der Waals surface area contributed by atoms with Crippen molar-refractivity contribution in [1.29, 1.82) is 0 Å². The lowest BCUT2D eigenvalue weighted by Gasteiger charge is -2.02. The number of aromatic hydroxyl groups is 1. The molecule has 122 valence electrons. The molecule has 3 aromatic rings. The summed E-state index contributed by atoms with van der Waals surface area (Å²) in [6.07, 6.45) is 0. The van der Waals surface area contributed by atoms with Gasteiger partial charge in [0.15, 0.2) is 17.3 Å². The molecule has 0 spiro atoms. The zero-order valence-electron chi connectivity index (χ0n) is 13.0. The normalized spacial score (nSPS) is 10.6. The maximum absolute atomic E-state index is 12.5. The van der Waals surface area contributed by atoms with E-state index in [1.807, 2.05) is 0 Å². The van der Waals surface area contributed by atoms with Crippen LogP contribution in [0.15, 0.2) is 46.9 Å². The number of carbonyl (C=O) groups excluding carboxylic acids is 2. The monoisotopic (exact) mass is 326 g/mol. The van der Waals surface area contributed by atoms with E-state index >= 15 is 0 Å². The minimum atomic E-state index is -0.430. The molecule has 0 bridgehead atoms. The smallest absolute Gasteiger partial charge is 0.308 e. The summed E-state index contributed by atoms with van der Waals surface area (Å²) >= 11 is 0. The quantitative estimate of drug-likeness (QED) is 0.450. The van der Waals surface area contributed by atoms with E-state index in [9.17, 15) is 14.7 Å². The summed E-state index contributed by atoms with van der Waals surface area (Å²) in [4.78, 5) is 23.4. The maximum Gasteiger partial charge on any atom is 0.308 e. The largest absolute Gasteiger partial charge is 0.504 e. The Labute approximate surface area is 137 Å². The Balaban J connectivity index is 1.92. The number of phenolic OH excluding ortho intramolecular Hbond substituents is 1. The Hall–Kier alpha value is -3.28. The fourth-order valence-corrected chi connectivity index (χ4v) is 2.31. The number of benzene rings is 2. The van der Waals surface area contributed by atoms with Crippen molar-refractivity contribution in [2.24, 2.45) is 0 Å². The number of hydrogen-bond acceptors (Lipinski definition) is 6. The van der Waals surface area contributed by atoms with Crippen molar-refractivity contribution < 1.29 is 28.6 Å². The summed E-state index contributed by atoms with van der Waals surface area (Å²) < 4.78 is 15.5. The van der Waals surface area contributed by atoms with Crippen LogP contribution in [0.2, 0.25) is 0 Å². The highest BCUT2D eigenvalue weighted by atomic mass is 16.5. The number of furan rings is 1. The fourth-order valence-electron chi connectivity index (χ4n) is 2.31. The minimum Gasteiger partial charge on any atom is -0.504 e. The first kappa shape index (κ1) is 15.6. The van der Waals surface area contributed by atoms with Gasteiger partial charge >= 0.3 is 5.97 Å². The Morgan fingerprint density at radius 3 is 2.42 bits per heavy atom. The number of rotatable bonds is 4. The van der Waals surface area contributed by atoms with Crippen LogP contribution in [-0.2, 0) is 4.79 Å². The summed E-state index contributed by atoms with van der Waals surface area (Å²) in [7, 11) is 1.43. The third-order valence-corrected chi connectivity index (χ3v) is 3.42. The standard InChI is InChI=1S/C18H14O6/c1-10(19)23-13-5-3-11(4-6-13)18(21)17-8-12-7-14(20)16(22-2)9-15(12)24-17/h3-9,20H,1-2H3. The van der Waals surface area contributed by atoms with Crippen LogP contribution < -0.4 is 9.47 Å². The lowest BCUT2D eigenvalue weighted by molar-refractivity contribution is -0.131. The number of ketones is 1. The van der Waals surface area contributed by atoms with Gasteiger partial charge in [-0.2, -0.15) is 0 Å². The zero-order chi connectivity index (χ0) is 17.3. The average Bonchev–Trinajstić information content (AvgIpc) is 2.96. The first-order valence-corrected chi connectivity index (χ1v) is 7.11. The van der Waals surface area contributed by atoms with Crippen LogP contribution in [0.1, 0.15) is 23.0 Å². The third-order valence-electron chi connectivity index (χ3n) is 3.42. The molecule has 6 heteroatoms. The summed E-state index contributed by atoms with van der Waals surface area (Å²) in [5.74, 6) is -0.0209. The van der Waals surface area contributed by atoms with Crippen molar-refractivity contribution in [3.63, 3.8) is 0 Å². The second kappa shape index (κ2) is 6.08. The predicted molar refractivity (Wildman–Crippen MR) is 85.6 cm³/mol. The highest BCUT2D eigenvalue weighted by molar-refractivity contribution is 6.09. The van der Waals surface area contributed by atoms with Crippen molar-refractivity contribution in [1.82, 2.24) is 0 Å². The van der Waals surface area contributed by atoms with Crippen molar-refractivity contribution in [3.8, 4) is 17.2 Å². The van der Waals surface area contributed by atoms with Crippen LogP contribution in [0.25, 0.3) is 11.0 Å². The zero-order valence-corrected chi connectivity index (χ0v) is 13.0. The highest BCUT2D eigenvalue weighted by Crippen LogP contribution is 2.33. The fraction of sp³-hybridized carbons (Fsp3) is 0.111. The van der Waals surface area contributed by atoms with Gasteiger partial charge in [-0.3, -0.25) is 9.59 Å². The molecule has 1 heterocycles. The predicted octanol–water partition coefficient (Wildman–Crippen LogP) is 3.30. The van der Waals surface area contributed by atoms with E-state index in [4.69, 9.17) is 13.9 Å². The lowest BCUT2D eigenvalue weighted by Crippen LogP contribution is -2.03. The first-order chi connectivity index (χ1) is 11.5. The molecule has 0 saturated carbocycles. The van der Waals surface area contributed by atoms with Crippen LogP contribution in [0.3, 0.4) is 0 Å². The number of fused-ring (bicyclic) bond motifs is 1. The molecule has 0 aliphatic heterocycles. The molecule has 3 rings (SSSR count). The van der Waals surface area contributed by atoms with Crippen molar-refractivity contribution >= 4 is 22.7 Å². The summed E-state index contributed by atoms with van der Waals surface area (Å²) in [5.41, 5.74) is 0.825. The topological polar surface area (TPSA) is 86.0 Å². The van der Waals surface area contributed by atoms with Crippen molar-refractivity contribution in [2.45, 2.75) is 6.92 Å². The van der Waals surface area contributed by atoms with Crippen molar-refractivity contribution in [2.75, 3.05) is 7.11 Å². The van der Waals surface area contributed by atoms with Gasteiger partial charge in [0.05, 0.1) is 7.11 Å². The SMILES string of the molecule is COc1cc2oc(C(=O)c3ccc(OC(C)=O)cc3)cc2cc1O. The van der Waals surface area contributed by atoms with Gasteiger partial charge in [0.1, 0.15) is 11.3 Å². The average molecular weight is 326 g/mol. The molecule has 0 saturated heterocycles. The molecule has 1 N–H and O–H groups in total. The second-order valence-corrected chi connectivity index (χ2v) is 5.12. The number of phenols is 1. The van der Waals surface area contributed by atoms with Gasteiger partial charge in [0.2, 0.25) is 5.78 Å². The van der Waals surface area contributed by atoms with Crippen LogP contribution in [0, 0.1) is 0 Å². The van der Waals surface area contributed by atoms with Gasteiger partial charge in [-0.05, 0) is 36.4 Å². The van der Waals surface area contributed by atoms with Gasteiger partial charge in [0, 0.05) is 23.9 Å². The number of carbonyl (C=O) groups is 2. The number of methoxy groups -OCH3 is 1. The summed E-state index contributed by atoms with van der Waals surface area (Å²) in [5, 5.41) is 10.4. The second-order valence-electron chi connectivity index (χ2n) is 5.12. The molecule has 0 aliphatic carbocycles. The number of ether oxygens (including phenoxy) is 2. The van der Waals surface area contributed by atoms with E-state index in [0.29, 0.717) is 22.3 Å². The van der Waals surface area contributed by atoms with Crippen LogP contribution in [0.5, 0.6) is 17.2 Å². The highest BCUT2D eigenvalue weighted by Gasteiger charge is 2.16. The Morgan fingerprint density at radius 1 is 1.08 bits per heavy atom. The molecule has 1 aromatic heterocycles. The molecule has 0 atom stereocenters. The van der Waals surface area contributed by atoms with E-state index in [0.717, 1.165) is 0 Å². The van der Waals surface area contributed by atoms with E-state index in [2.05, 4.69) is 0 Å². The van der Waals surface area contributed by atoms with Gasteiger partial charge in [0.25, 0.3) is 0 Å². The molecule has 0 amide bonds. The number of hydrogen-bond donors (Lipinski definition) is 1. The van der Waals surface area contributed by atoms with Gasteiger partial charge in [-0.25, -0.2) is 0 Å². The van der Waals surface area contributed by atoms with Crippen LogP contribution in [0.4, 0.5) is 0 Å². The molecule has 6 nitrogen and oxygen atoms in total. The van der Waals surface area contributed by atoms with E-state index < -0.39 is 5.97 Å². The van der Waals surface area contributed by atoms with Crippen molar-refractivity contribution in [3.05, 3.63) is 53.8 Å².